The van der Waals surface area contributed by atoms with Gasteiger partial charge in [-0.2, -0.15) is 5.10 Å². The van der Waals surface area contributed by atoms with E-state index >= 15 is 0 Å². The molecule has 3 heterocycles. The minimum absolute atomic E-state index is 0.625. The number of likely N-dealkylation sites (tertiary alicyclic amines) is 1. The Bertz CT molecular complexity index is 672. The van der Waals surface area contributed by atoms with Gasteiger partial charge in [-0.25, -0.2) is 0 Å². The Morgan fingerprint density at radius 2 is 2.00 bits per heavy atom. The van der Waals surface area contributed by atoms with Crippen molar-refractivity contribution < 1.29 is 4.74 Å². The second-order valence-corrected chi connectivity index (χ2v) is 6.48. The molecule has 2 aromatic rings. The molecule has 1 fully saturated rings. The van der Waals surface area contributed by atoms with Crippen molar-refractivity contribution in [1.82, 2.24) is 19.7 Å². The SMILES string of the molecule is COc1c(C)cnc(CN2CCC(c3ccnn3C)CC2)c1C. The lowest BCUT2D eigenvalue weighted by Crippen LogP contribution is -2.33. The Hall–Kier alpha value is -1.88. The fraction of sp³-hybridized carbons (Fsp3) is 0.556. The molecule has 124 valence electrons. The molecule has 0 amide bonds. The van der Waals surface area contributed by atoms with Gasteiger partial charge in [0.05, 0.1) is 12.8 Å². The molecule has 1 aliphatic rings. The average molecular weight is 314 g/mol. The minimum Gasteiger partial charge on any atom is -0.496 e. The van der Waals surface area contributed by atoms with Gasteiger partial charge in [-0.05, 0) is 45.8 Å². The van der Waals surface area contributed by atoms with E-state index in [9.17, 15) is 0 Å². The van der Waals surface area contributed by atoms with Crippen molar-refractivity contribution >= 4 is 0 Å². The van der Waals surface area contributed by atoms with E-state index in [1.807, 2.05) is 31.0 Å². The normalized spacial score (nSPS) is 16.7. The number of aromatic nitrogens is 3. The molecule has 0 unspecified atom stereocenters. The summed E-state index contributed by atoms with van der Waals surface area (Å²) in [4.78, 5) is 7.12. The van der Waals surface area contributed by atoms with Crippen LogP contribution in [0.1, 0.15) is 41.3 Å². The standard InChI is InChI=1S/C18H26N4O/c1-13-11-19-16(14(2)18(13)23-4)12-22-9-6-15(7-10-22)17-5-8-20-21(17)3/h5,8,11,15H,6-7,9-10,12H2,1-4H3. The summed E-state index contributed by atoms with van der Waals surface area (Å²) in [6.45, 7) is 7.26. The van der Waals surface area contributed by atoms with E-state index in [4.69, 9.17) is 4.74 Å². The summed E-state index contributed by atoms with van der Waals surface area (Å²) in [6.07, 6.45) is 6.18. The van der Waals surface area contributed by atoms with Crippen LogP contribution in [-0.4, -0.2) is 39.9 Å². The number of hydrogen-bond acceptors (Lipinski definition) is 4. The van der Waals surface area contributed by atoms with E-state index in [1.54, 1.807) is 7.11 Å². The third-order valence-corrected chi connectivity index (χ3v) is 4.99. The molecule has 1 saturated heterocycles. The van der Waals surface area contributed by atoms with Gasteiger partial charge < -0.3 is 4.74 Å². The molecule has 0 atom stereocenters. The van der Waals surface area contributed by atoms with Gasteiger partial charge in [0.25, 0.3) is 0 Å². The third-order valence-electron chi connectivity index (χ3n) is 4.99. The number of methoxy groups -OCH3 is 1. The van der Waals surface area contributed by atoms with E-state index in [1.165, 1.54) is 24.1 Å². The highest BCUT2D eigenvalue weighted by Crippen LogP contribution is 2.29. The lowest BCUT2D eigenvalue weighted by molar-refractivity contribution is 0.199. The van der Waals surface area contributed by atoms with Crippen molar-refractivity contribution in [3.8, 4) is 5.75 Å². The first-order valence-corrected chi connectivity index (χ1v) is 8.29. The maximum absolute atomic E-state index is 5.52. The topological polar surface area (TPSA) is 43.2 Å². The van der Waals surface area contributed by atoms with Gasteiger partial charge in [-0.15, -0.1) is 0 Å². The summed E-state index contributed by atoms with van der Waals surface area (Å²) in [5.41, 5.74) is 4.76. The fourth-order valence-corrected chi connectivity index (χ4v) is 3.61. The van der Waals surface area contributed by atoms with Gasteiger partial charge in [0.2, 0.25) is 0 Å². The lowest BCUT2D eigenvalue weighted by atomic mass is 9.93. The highest BCUT2D eigenvalue weighted by atomic mass is 16.5. The Kier molecular flexibility index (Phi) is 4.66. The summed E-state index contributed by atoms with van der Waals surface area (Å²) >= 11 is 0. The average Bonchev–Trinajstić information content (AvgIpc) is 2.97. The zero-order valence-electron chi connectivity index (χ0n) is 14.5. The summed E-state index contributed by atoms with van der Waals surface area (Å²) in [5.74, 6) is 1.60. The van der Waals surface area contributed by atoms with Crippen LogP contribution in [0.5, 0.6) is 5.75 Å². The van der Waals surface area contributed by atoms with E-state index in [0.29, 0.717) is 5.92 Å². The largest absolute Gasteiger partial charge is 0.496 e. The summed E-state index contributed by atoms with van der Waals surface area (Å²) in [6, 6.07) is 2.15. The second-order valence-electron chi connectivity index (χ2n) is 6.48. The molecule has 5 nitrogen and oxygen atoms in total. The van der Waals surface area contributed by atoms with E-state index < -0.39 is 0 Å². The van der Waals surface area contributed by atoms with Crippen LogP contribution < -0.4 is 4.74 Å². The molecule has 0 aliphatic carbocycles. The number of ether oxygens (including phenoxy) is 1. The summed E-state index contributed by atoms with van der Waals surface area (Å²) in [5, 5.41) is 4.30. The zero-order valence-corrected chi connectivity index (χ0v) is 14.5. The number of pyridine rings is 1. The predicted molar refractivity (Wildman–Crippen MR) is 90.7 cm³/mol. The molecule has 0 saturated carbocycles. The van der Waals surface area contributed by atoms with Gasteiger partial charge >= 0.3 is 0 Å². The molecule has 23 heavy (non-hydrogen) atoms. The van der Waals surface area contributed by atoms with Crippen molar-refractivity contribution in [2.75, 3.05) is 20.2 Å². The molecule has 5 heteroatoms. The highest BCUT2D eigenvalue weighted by Gasteiger charge is 2.23. The van der Waals surface area contributed by atoms with Crippen LogP contribution in [-0.2, 0) is 13.6 Å². The van der Waals surface area contributed by atoms with Gasteiger partial charge in [-0.1, -0.05) is 0 Å². The van der Waals surface area contributed by atoms with Gasteiger partial charge in [0.1, 0.15) is 5.75 Å². The molecular weight excluding hydrogens is 288 g/mol. The molecule has 3 rings (SSSR count). The van der Waals surface area contributed by atoms with Gasteiger partial charge in [0, 0.05) is 48.7 Å². The minimum atomic E-state index is 0.625. The molecule has 2 aromatic heterocycles. The second kappa shape index (κ2) is 6.71. The Morgan fingerprint density at radius 1 is 1.26 bits per heavy atom. The van der Waals surface area contributed by atoms with E-state index in [-0.39, 0.29) is 0 Å². The zero-order chi connectivity index (χ0) is 16.4. The number of piperidine rings is 1. The number of rotatable bonds is 4. The van der Waals surface area contributed by atoms with Crippen LogP contribution in [0.15, 0.2) is 18.5 Å². The maximum Gasteiger partial charge on any atom is 0.128 e. The molecule has 1 aliphatic heterocycles. The van der Waals surface area contributed by atoms with Crippen molar-refractivity contribution in [3.05, 3.63) is 41.0 Å². The molecule has 0 bridgehead atoms. The first kappa shape index (κ1) is 16.0. The third kappa shape index (κ3) is 3.24. The van der Waals surface area contributed by atoms with Crippen LogP contribution >= 0.6 is 0 Å². The number of hydrogen-bond donors (Lipinski definition) is 0. The van der Waals surface area contributed by atoms with Crippen LogP contribution in [0.25, 0.3) is 0 Å². The van der Waals surface area contributed by atoms with Crippen molar-refractivity contribution in [2.45, 2.75) is 39.2 Å². The first-order chi connectivity index (χ1) is 11.1. The van der Waals surface area contributed by atoms with Gasteiger partial charge in [0.15, 0.2) is 0 Å². The van der Waals surface area contributed by atoms with Crippen molar-refractivity contribution in [2.24, 2.45) is 7.05 Å². The van der Waals surface area contributed by atoms with Crippen LogP contribution in [0.4, 0.5) is 0 Å². The number of nitrogens with zero attached hydrogens (tertiary/aromatic N) is 4. The van der Waals surface area contributed by atoms with Crippen molar-refractivity contribution in [1.29, 1.82) is 0 Å². The fourth-order valence-electron chi connectivity index (χ4n) is 3.61. The maximum atomic E-state index is 5.52. The predicted octanol–water partition coefficient (Wildman–Crippen LogP) is 2.82. The summed E-state index contributed by atoms with van der Waals surface area (Å²) < 4.78 is 7.53. The van der Waals surface area contributed by atoms with E-state index in [0.717, 1.165) is 36.6 Å². The van der Waals surface area contributed by atoms with Gasteiger partial charge in [-0.3, -0.25) is 14.6 Å². The Balaban J connectivity index is 1.64. The smallest absolute Gasteiger partial charge is 0.128 e. The highest BCUT2D eigenvalue weighted by molar-refractivity contribution is 5.41. The number of aryl methyl sites for hydroxylation is 2. The Labute approximate surface area is 138 Å². The van der Waals surface area contributed by atoms with Crippen LogP contribution in [0.3, 0.4) is 0 Å². The quantitative estimate of drug-likeness (QED) is 0.870. The Morgan fingerprint density at radius 3 is 2.61 bits per heavy atom. The lowest BCUT2D eigenvalue weighted by Gasteiger charge is -2.32. The first-order valence-electron chi connectivity index (χ1n) is 8.29. The monoisotopic (exact) mass is 314 g/mol. The van der Waals surface area contributed by atoms with E-state index in [2.05, 4.69) is 28.0 Å². The van der Waals surface area contributed by atoms with Crippen LogP contribution in [0, 0.1) is 13.8 Å². The molecule has 0 radical (unpaired) electrons. The molecule has 0 aromatic carbocycles. The van der Waals surface area contributed by atoms with Crippen molar-refractivity contribution in [3.63, 3.8) is 0 Å². The van der Waals surface area contributed by atoms with Crippen LogP contribution in [0.2, 0.25) is 0 Å². The molecular formula is C18H26N4O. The molecule has 0 spiro atoms. The molecule has 0 N–H and O–H groups in total. The summed E-state index contributed by atoms with van der Waals surface area (Å²) in [7, 11) is 3.77.